The first-order chi connectivity index (χ1) is 24.0. The minimum absolute atomic E-state index is 0.132. The van der Waals surface area contributed by atoms with Crippen molar-refractivity contribution >= 4 is 31.7 Å². The summed E-state index contributed by atoms with van der Waals surface area (Å²) in [7, 11) is -1.91. The third-order valence-corrected chi connectivity index (χ3v) is 14.6. The van der Waals surface area contributed by atoms with Gasteiger partial charge in [-0.15, -0.1) is 0 Å². The number of aromatic nitrogens is 3. The van der Waals surface area contributed by atoms with Gasteiger partial charge in [-0.05, 0) is 94.2 Å². The molecule has 51 heavy (non-hydrogen) atoms. The van der Waals surface area contributed by atoms with E-state index in [1.54, 1.807) is 12.3 Å². The zero-order valence-corrected chi connectivity index (χ0v) is 32.7. The molecular weight excluding hydrogens is 664 g/mol. The van der Waals surface area contributed by atoms with Gasteiger partial charge in [-0.3, -0.25) is 14.6 Å². The maximum atomic E-state index is 14.9. The molecule has 0 spiro atoms. The fourth-order valence-corrected chi connectivity index (χ4v) is 7.74. The van der Waals surface area contributed by atoms with Crippen LogP contribution >= 0.6 is 0 Å². The van der Waals surface area contributed by atoms with Gasteiger partial charge in [0.25, 0.3) is 0 Å². The van der Waals surface area contributed by atoms with Crippen molar-refractivity contribution in [3.8, 4) is 11.1 Å². The second-order valence-electron chi connectivity index (χ2n) is 16.4. The summed E-state index contributed by atoms with van der Waals surface area (Å²) in [5, 5.41) is 3.49. The summed E-state index contributed by atoms with van der Waals surface area (Å²) in [6, 6.07) is 9.16. The molecule has 13 heteroatoms. The Morgan fingerprint density at radius 3 is 2.31 bits per heavy atom. The molecule has 2 aliphatic rings. The van der Waals surface area contributed by atoms with Crippen molar-refractivity contribution in [2.24, 2.45) is 5.73 Å². The van der Waals surface area contributed by atoms with Crippen molar-refractivity contribution in [3.05, 3.63) is 60.3 Å². The molecule has 0 bridgehead atoms. The van der Waals surface area contributed by atoms with Crippen LogP contribution < -0.4 is 16.0 Å². The predicted octanol–water partition coefficient (Wildman–Crippen LogP) is 6.20. The summed E-state index contributed by atoms with van der Waals surface area (Å²) in [5.41, 5.74) is 8.65. The van der Waals surface area contributed by atoms with E-state index in [0.717, 1.165) is 62.4 Å². The van der Waals surface area contributed by atoms with Gasteiger partial charge in [0.15, 0.2) is 8.32 Å². The van der Waals surface area contributed by atoms with Gasteiger partial charge in [0.1, 0.15) is 17.2 Å². The number of esters is 1. The van der Waals surface area contributed by atoms with Crippen molar-refractivity contribution < 1.29 is 18.3 Å². The number of carbonyl (C=O) groups excluding carboxylic acids is 1. The molecule has 278 valence electrons. The predicted molar refractivity (Wildman–Crippen MR) is 204 cm³/mol. The monoisotopic (exact) mass is 720 g/mol. The molecule has 2 atom stereocenters. The summed E-state index contributed by atoms with van der Waals surface area (Å²) in [6.45, 7) is 22.0. The maximum absolute atomic E-state index is 14.9. The van der Waals surface area contributed by atoms with Crippen molar-refractivity contribution in [1.29, 1.82) is 0 Å². The highest BCUT2D eigenvalue weighted by Crippen LogP contribution is 2.39. The number of anilines is 3. The molecular formula is C38H57FN8O3Si. The molecule has 1 aromatic carbocycles. The molecule has 5 rings (SSSR count). The summed E-state index contributed by atoms with van der Waals surface area (Å²) in [5.74, 6) is 0.857. The van der Waals surface area contributed by atoms with Crippen molar-refractivity contribution in [2.75, 3.05) is 56.0 Å². The largest absolute Gasteiger partial charge is 0.459 e. The lowest BCUT2D eigenvalue weighted by Gasteiger charge is -2.38. The third kappa shape index (κ3) is 10.5. The highest BCUT2D eigenvalue weighted by molar-refractivity contribution is 6.74. The van der Waals surface area contributed by atoms with E-state index in [1.165, 1.54) is 6.07 Å². The molecule has 2 saturated heterocycles. The topological polar surface area (TPSA) is 122 Å². The molecule has 2 aromatic heterocycles. The van der Waals surface area contributed by atoms with Gasteiger partial charge in [0.05, 0.1) is 12.6 Å². The van der Waals surface area contributed by atoms with E-state index in [0.29, 0.717) is 30.4 Å². The molecule has 2 fully saturated rings. The van der Waals surface area contributed by atoms with Crippen molar-refractivity contribution in [2.45, 2.75) is 96.8 Å². The molecule has 0 saturated carbocycles. The molecule has 0 aliphatic carbocycles. The van der Waals surface area contributed by atoms with Crippen LogP contribution in [0.2, 0.25) is 18.1 Å². The number of benzene rings is 1. The summed E-state index contributed by atoms with van der Waals surface area (Å²) < 4.78 is 27.2. The fourth-order valence-electron chi connectivity index (χ4n) is 6.38. The van der Waals surface area contributed by atoms with Crippen LogP contribution in [0.15, 0.2) is 48.9 Å². The Kier molecular flexibility index (Phi) is 12.2. The van der Waals surface area contributed by atoms with E-state index in [4.69, 9.17) is 24.9 Å². The number of piperazine rings is 1. The Morgan fingerprint density at radius 1 is 0.980 bits per heavy atom. The normalized spacial score (nSPS) is 19.4. The van der Waals surface area contributed by atoms with Crippen LogP contribution in [-0.4, -0.2) is 103 Å². The average molecular weight is 721 g/mol. The quantitative estimate of drug-likeness (QED) is 0.164. The number of hydrogen-bond donors (Lipinski definition) is 2. The van der Waals surface area contributed by atoms with E-state index in [2.05, 4.69) is 58.9 Å². The number of rotatable bonds is 12. The number of hydrogen-bond acceptors (Lipinski definition) is 11. The third-order valence-electron chi connectivity index (χ3n) is 10.1. The lowest BCUT2D eigenvalue weighted by Crippen LogP contribution is -2.48. The lowest BCUT2D eigenvalue weighted by molar-refractivity contribution is -0.156. The van der Waals surface area contributed by atoms with Gasteiger partial charge in [0.2, 0.25) is 5.95 Å². The Hall–Kier alpha value is -3.49. The van der Waals surface area contributed by atoms with Crippen LogP contribution in [0, 0.1) is 5.82 Å². The van der Waals surface area contributed by atoms with Crippen molar-refractivity contribution in [1.82, 2.24) is 24.8 Å². The van der Waals surface area contributed by atoms with Gasteiger partial charge in [0, 0.05) is 80.7 Å². The maximum Gasteiger partial charge on any atom is 0.320 e. The minimum atomic E-state index is -1.91. The molecule has 3 N–H and O–H groups in total. The summed E-state index contributed by atoms with van der Waals surface area (Å²) in [6.07, 6.45) is 7.37. The summed E-state index contributed by atoms with van der Waals surface area (Å²) >= 11 is 0. The Balaban J connectivity index is 1.19. The van der Waals surface area contributed by atoms with E-state index in [1.807, 2.05) is 51.4 Å². The van der Waals surface area contributed by atoms with E-state index < -0.39 is 13.9 Å². The number of nitrogens with two attached hydrogens (primary N) is 1. The average Bonchev–Trinajstić information content (AvgIpc) is 3.44. The van der Waals surface area contributed by atoms with Crippen LogP contribution in [0.1, 0.15) is 59.9 Å². The van der Waals surface area contributed by atoms with Crippen molar-refractivity contribution in [3.63, 3.8) is 0 Å². The van der Waals surface area contributed by atoms with Crippen LogP contribution in [0.3, 0.4) is 0 Å². The Morgan fingerprint density at radius 2 is 1.67 bits per heavy atom. The van der Waals surface area contributed by atoms with E-state index in [9.17, 15) is 9.18 Å². The van der Waals surface area contributed by atoms with Crippen LogP contribution in [0.4, 0.5) is 21.8 Å². The van der Waals surface area contributed by atoms with Crippen LogP contribution in [-0.2, 0) is 20.5 Å². The Bertz CT molecular complexity index is 1620. The molecule has 0 amide bonds. The highest BCUT2D eigenvalue weighted by Gasteiger charge is 2.43. The number of ether oxygens (including phenoxy) is 1. The standard InChI is InChI=1S/C38H57FN8O3Si/c1-37(2,3)49-35(48)26-46-17-15-45(16-18-46)24-28-19-30(9-10-33(28)39)44-34-20-27(12-14-41-34)29-22-42-36(43-23-29)47-25-32(21-31(47)11-13-40)50-51(7,8)38(4,5)6/h9-10,12,14,19-20,22-23,31-32H,11,13,15-18,21,24-26,40H2,1-8H3,(H,41,44). The first kappa shape index (κ1) is 38.7. The first-order valence-corrected chi connectivity index (χ1v) is 21.1. The number of nitrogens with zero attached hydrogens (tertiary/aromatic N) is 6. The number of nitrogens with one attached hydrogen (secondary N) is 1. The summed E-state index contributed by atoms with van der Waals surface area (Å²) in [4.78, 5) is 32.9. The Labute approximate surface area is 304 Å². The molecule has 11 nitrogen and oxygen atoms in total. The molecule has 2 unspecified atom stereocenters. The van der Waals surface area contributed by atoms with Gasteiger partial charge in [-0.1, -0.05) is 20.8 Å². The number of carbonyl (C=O) groups is 1. The second kappa shape index (κ2) is 16.0. The van der Waals surface area contributed by atoms with Gasteiger partial charge in [-0.2, -0.15) is 0 Å². The molecule has 3 aromatic rings. The van der Waals surface area contributed by atoms with Crippen LogP contribution in [0.25, 0.3) is 11.1 Å². The van der Waals surface area contributed by atoms with Gasteiger partial charge in [-0.25, -0.2) is 19.3 Å². The fraction of sp³-hybridized carbons (Fsp3) is 0.579. The molecule has 4 heterocycles. The molecule has 0 radical (unpaired) electrons. The number of pyridine rings is 1. The number of halogens is 1. The lowest BCUT2D eigenvalue weighted by atomic mass is 10.1. The van der Waals surface area contributed by atoms with E-state index >= 15 is 0 Å². The van der Waals surface area contributed by atoms with E-state index in [-0.39, 0.29) is 35.5 Å². The molecule has 2 aliphatic heterocycles. The van der Waals surface area contributed by atoms with Crippen LogP contribution in [0.5, 0.6) is 0 Å². The smallest absolute Gasteiger partial charge is 0.320 e. The first-order valence-electron chi connectivity index (χ1n) is 18.1. The van der Waals surface area contributed by atoms with Gasteiger partial charge >= 0.3 is 5.97 Å². The minimum Gasteiger partial charge on any atom is -0.459 e. The van der Waals surface area contributed by atoms with Gasteiger partial charge < -0.3 is 25.1 Å². The SMILES string of the molecule is CC(C)(C)OC(=O)CN1CCN(Cc2cc(Nc3cc(-c4cnc(N5CC(O[Si](C)(C)C(C)(C)C)CC5CCN)nc4)ccn3)ccc2F)CC1. The highest BCUT2D eigenvalue weighted by atomic mass is 28.4. The second-order valence-corrected chi connectivity index (χ2v) is 21.1. The zero-order valence-electron chi connectivity index (χ0n) is 31.7. The zero-order chi connectivity index (χ0) is 37.0.